The molecule has 0 saturated carbocycles. The van der Waals surface area contributed by atoms with Crippen molar-refractivity contribution in [1.29, 1.82) is 0 Å². The summed E-state index contributed by atoms with van der Waals surface area (Å²) in [4.78, 5) is 0. The van der Waals surface area contributed by atoms with Crippen molar-refractivity contribution >= 4 is 0 Å². The quantitative estimate of drug-likeness (QED) is 0.602. The SMILES string of the molecule is CC(C)OC(OC(C)C)[C@@H](O)CO. The van der Waals surface area contributed by atoms with E-state index in [0.717, 1.165) is 0 Å². The molecule has 0 heterocycles. The first-order valence-corrected chi connectivity index (χ1v) is 4.57. The molecule has 0 aliphatic rings. The number of aliphatic hydroxyl groups is 2. The summed E-state index contributed by atoms with van der Waals surface area (Å²) in [5.74, 6) is 0. The van der Waals surface area contributed by atoms with Gasteiger partial charge in [0.15, 0.2) is 6.29 Å². The van der Waals surface area contributed by atoms with Crippen LogP contribution in [0.15, 0.2) is 0 Å². The summed E-state index contributed by atoms with van der Waals surface area (Å²) in [6.45, 7) is 7.03. The summed E-state index contributed by atoms with van der Waals surface area (Å²) >= 11 is 0. The highest BCUT2D eigenvalue weighted by atomic mass is 16.7. The fourth-order valence-corrected chi connectivity index (χ4v) is 0.836. The highest BCUT2D eigenvalue weighted by Crippen LogP contribution is 2.08. The van der Waals surface area contributed by atoms with E-state index in [1.54, 1.807) is 0 Å². The smallest absolute Gasteiger partial charge is 0.186 e. The third kappa shape index (κ3) is 5.99. The Morgan fingerprint density at radius 3 is 1.62 bits per heavy atom. The van der Waals surface area contributed by atoms with Gasteiger partial charge in [0.25, 0.3) is 0 Å². The van der Waals surface area contributed by atoms with Crippen LogP contribution in [0.3, 0.4) is 0 Å². The lowest BCUT2D eigenvalue weighted by Crippen LogP contribution is -2.38. The summed E-state index contributed by atoms with van der Waals surface area (Å²) in [6, 6.07) is 0. The molecule has 0 bridgehead atoms. The van der Waals surface area contributed by atoms with E-state index in [-0.39, 0.29) is 18.8 Å². The van der Waals surface area contributed by atoms with Gasteiger partial charge in [-0.2, -0.15) is 0 Å². The van der Waals surface area contributed by atoms with E-state index in [1.165, 1.54) is 0 Å². The molecule has 13 heavy (non-hydrogen) atoms. The Hall–Kier alpha value is -0.160. The first-order valence-electron chi connectivity index (χ1n) is 4.57. The normalized spacial score (nSPS) is 14.5. The van der Waals surface area contributed by atoms with Gasteiger partial charge in [-0.1, -0.05) is 0 Å². The minimum atomic E-state index is -0.982. The predicted octanol–water partition coefficient (Wildman–Crippen LogP) is 0.516. The van der Waals surface area contributed by atoms with Gasteiger partial charge in [0.2, 0.25) is 0 Å². The third-order valence-electron chi connectivity index (χ3n) is 1.31. The molecule has 0 amide bonds. The zero-order chi connectivity index (χ0) is 10.4. The van der Waals surface area contributed by atoms with Crippen LogP contribution in [0.5, 0.6) is 0 Å². The standard InChI is InChI=1S/C9H20O4/c1-6(2)12-9(8(11)5-10)13-7(3)4/h6-11H,5H2,1-4H3/t8-/m0/s1. The van der Waals surface area contributed by atoms with Crippen LogP contribution < -0.4 is 0 Å². The summed E-state index contributed by atoms with van der Waals surface area (Å²) in [6.07, 6.45) is -1.80. The molecule has 2 N–H and O–H groups in total. The number of ether oxygens (including phenoxy) is 2. The van der Waals surface area contributed by atoms with E-state index < -0.39 is 12.4 Å². The molecule has 0 aromatic rings. The van der Waals surface area contributed by atoms with E-state index in [2.05, 4.69) is 0 Å². The van der Waals surface area contributed by atoms with E-state index in [0.29, 0.717) is 0 Å². The average Bonchev–Trinajstić information content (AvgIpc) is 2.00. The zero-order valence-corrected chi connectivity index (χ0v) is 8.73. The fourth-order valence-electron chi connectivity index (χ4n) is 0.836. The highest BCUT2D eigenvalue weighted by molar-refractivity contribution is 4.60. The second kappa shape index (κ2) is 6.32. The Labute approximate surface area is 79.5 Å². The van der Waals surface area contributed by atoms with Gasteiger partial charge in [-0.15, -0.1) is 0 Å². The minimum Gasteiger partial charge on any atom is -0.393 e. The van der Waals surface area contributed by atoms with Crippen molar-refractivity contribution in [3.63, 3.8) is 0 Å². The molecule has 4 heteroatoms. The van der Waals surface area contributed by atoms with Crippen LogP contribution in [0, 0.1) is 0 Å². The molecule has 0 radical (unpaired) electrons. The number of hydrogen-bond donors (Lipinski definition) is 2. The van der Waals surface area contributed by atoms with Crippen molar-refractivity contribution in [2.75, 3.05) is 6.61 Å². The maximum Gasteiger partial charge on any atom is 0.186 e. The van der Waals surface area contributed by atoms with E-state index in [4.69, 9.17) is 14.6 Å². The largest absolute Gasteiger partial charge is 0.393 e. The van der Waals surface area contributed by atoms with Crippen molar-refractivity contribution < 1.29 is 19.7 Å². The molecule has 0 aliphatic carbocycles. The summed E-state index contributed by atoms with van der Waals surface area (Å²) in [7, 11) is 0. The van der Waals surface area contributed by atoms with Gasteiger partial charge in [-0.05, 0) is 27.7 Å². The van der Waals surface area contributed by atoms with Crippen molar-refractivity contribution in [3.05, 3.63) is 0 Å². The van der Waals surface area contributed by atoms with Crippen molar-refractivity contribution in [1.82, 2.24) is 0 Å². The highest BCUT2D eigenvalue weighted by Gasteiger charge is 2.22. The zero-order valence-electron chi connectivity index (χ0n) is 8.73. The molecule has 0 rings (SSSR count). The Kier molecular flexibility index (Phi) is 6.24. The molecule has 0 spiro atoms. The predicted molar refractivity (Wildman–Crippen MR) is 49.3 cm³/mol. The second-order valence-corrected chi connectivity index (χ2v) is 3.49. The fraction of sp³-hybridized carbons (Fsp3) is 1.00. The average molecular weight is 192 g/mol. The number of hydrogen-bond acceptors (Lipinski definition) is 4. The first-order chi connectivity index (χ1) is 5.97. The number of aliphatic hydroxyl groups excluding tert-OH is 2. The van der Waals surface area contributed by atoms with Crippen molar-refractivity contribution in [2.45, 2.75) is 52.3 Å². The molecular weight excluding hydrogens is 172 g/mol. The van der Waals surface area contributed by atoms with Crippen LogP contribution in [0.4, 0.5) is 0 Å². The summed E-state index contributed by atoms with van der Waals surface area (Å²) < 4.78 is 10.6. The summed E-state index contributed by atoms with van der Waals surface area (Å²) in [5.41, 5.74) is 0. The molecular formula is C9H20O4. The molecule has 1 atom stereocenters. The lowest BCUT2D eigenvalue weighted by molar-refractivity contribution is -0.230. The van der Waals surface area contributed by atoms with Gasteiger partial charge < -0.3 is 19.7 Å². The molecule has 4 nitrogen and oxygen atoms in total. The van der Waals surface area contributed by atoms with Crippen LogP contribution in [0.25, 0.3) is 0 Å². The molecule has 0 aliphatic heterocycles. The first kappa shape index (κ1) is 12.8. The molecule has 0 unspecified atom stereocenters. The topological polar surface area (TPSA) is 58.9 Å². The van der Waals surface area contributed by atoms with Crippen molar-refractivity contribution in [3.8, 4) is 0 Å². The molecule has 0 saturated heterocycles. The van der Waals surface area contributed by atoms with Gasteiger partial charge in [-0.25, -0.2) is 0 Å². The van der Waals surface area contributed by atoms with Gasteiger partial charge in [0.05, 0.1) is 18.8 Å². The Morgan fingerprint density at radius 2 is 1.38 bits per heavy atom. The Morgan fingerprint density at radius 1 is 1.00 bits per heavy atom. The van der Waals surface area contributed by atoms with Crippen LogP contribution in [-0.4, -0.2) is 41.4 Å². The third-order valence-corrected chi connectivity index (χ3v) is 1.31. The Bertz CT molecular complexity index is 115. The second-order valence-electron chi connectivity index (χ2n) is 3.49. The molecule has 0 fully saturated rings. The lowest BCUT2D eigenvalue weighted by atomic mass is 10.3. The molecule has 80 valence electrons. The van der Waals surface area contributed by atoms with Crippen LogP contribution in [-0.2, 0) is 9.47 Å². The maximum absolute atomic E-state index is 9.32. The summed E-state index contributed by atoms with van der Waals surface area (Å²) in [5, 5.41) is 18.0. The molecule has 0 aromatic carbocycles. The van der Waals surface area contributed by atoms with Gasteiger partial charge in [-0.3, -0.25) is 0 Å². The van der Waals surface area contributed by atoms with Crippen LogP contribution >= 0.6 is 0 Å². The van der Waals surface area contributed by atoms with Crippen molar-refractivity contribution in [2.24, 2.45) is 0 Å². The van der Waals surface area contributed by atoms with Gasteiger partial charge in [0.1, 0.15) is 6.10 Å². The lowest BCUT2D eigenvalue weighted by Gasteiger charge is -2.25. The van der Waals surface area contributed by atoms with E-state index in [1.807, 2.05) is 27.7 Å². The molecule has 0 aromatic heterocycles. The Balaban J connectivity index is 4.02. The van der Waals surface area contributed by atoms with Crippen LogP contribution in [0.2, 0.25) is 0 Å². The van der Waals surface area contributed by atoms with Gasteiger partial charge in [0, 0.05) is 0 Å². The van der Waals surface area contributed by atoms with Crippen LogP contribution in [0.1, 0.15) is 27.7 Å². The van der Waals surface area contributed by atoms with Gasteiger partial charge >= 0.3 is 0 Å². The maximum atomic E-state index is 9.32. The van der Waals surface area contributed by atoms with E-state index >= 15 is 0 Å². The minimum absolute atomic E-state index is 0.0371. The van der Waals surface area contributed by atoms with E-state index in [9.17, 15) is 5.11 Å². The monoisotopic (exact) mass is 192 g/mol. The number of rotatable bonds is 6.